The Balaban J connectivity index is 0.00000220. The Morgan fingerprint density at radius 2 is 1.91 bits per heavy atom. The Morgan fingerprint density at radius 3 is 2.41 bits per heavy atom. The SMILES string of the molecule is N#CCc1cc2cc(C(F)(F)P(=O)([O-])[O-])c(Br)cc2s1.[NH4+].[NH4+]. The van der Waals surface area contributed by atoms with Gasteiger partial charge in [0.1, 0.15) is 0 Å². The van der Waals surface area contributed by atoms with Gasteiger partial charge in [0.2, 0.25) is 0 Å². The molecular weight excluding hydrogens is 403 g/mol. The Kier molecular flexibility index (Phi) is 6.81. The highest BCUT2D eigenvalue weighted by atomic mass is 79.9. The zero-order valence-corrected chi connectivity index (χ0v) is 14.9. The van der Waals surface area contributed by atoms with Gasteiger partial charge < -0.3 is 26.7 Å². The van der Waals surface area contributed by atoms with Crippen LogP contribution in [-0.4, -0.2) is 0 Å². The lowest BCUT2D eigenvalue weighted by Crippen LogP contribution is -2.30. The van der Waals surface area contributed by atoms with E-state index in [1.165, 1.54) is 23.5 Å². The number of benzene rings is 1. The Hall–Kier alpha value is -0.920. The van der Waals surface area contributed by atoms with E-state index in [-0.39, 0.29) is 23.2 Å². The average molecular weight is 416 g/mol. The third-order valence-electron chi connectivity index (χ3n) is 2.58. The molecule has 0 spiro atoms. The first-order valence-corrected chi connectivity index (χ1v) is 8.31. The lowest BCUT2D eigenvalue weighted by atomic mass is 10.1. The van der Waals surface area contributed by atoms with Crippen molar-refractivity contribution in [3.05, 3.63) is 33.1 Å². The number of thiophene rings is 1. The highest BCUT2D eigenvalue weighted by Gasteiger charge is 2.38. The van der Waals surface area contributed by atoms with E-state index >= 15 is 0 Å². The number of hydrogen-bond donors (Lipinski definition) is 2. The summed E-state index contributed by atoms with van der Waals surface area (Å²) in [6.07, 6.45) is 0.129. The van der Waals surface area contributed by atoms with E-state index < -0.39 is 18.8 Å². The van der Waals surface area contributed by atoms with Crippen LogP contribution >= 0.6 is 34.9 Å². The van der Waals surface area contributed by atoms with Crippen LogP contribution < -0.4 is 22.1 Å². The third kappa shape index (κ3) is 3.70. The van der Waals surface area contributed by atoms with Crippen LogP contribution in [0, 0.1) is 11.3 Å². The van der Waals surface area contributed by atoms with Crippen molar-refractivity contribution in [2.24, 2.45) is 0 Å². The topological polar surface area (TPSA) is 160 Å². The summed E-state index contributed by atoms with van der Waals surface area (Å²) < 4.78 is 38.4. The van der Waals surface area contributed by atoms with E-state index in [0.29, 0.717) is 15.0 Å². The molecule has 0 radical (unpaired) electrons. The van der Waals surface area contributed by atoms with E-state index in [0.717, 1.165) is 6.07 Å². The molecule has 8 N–H and O–H groups in total. The quantitative estimate of drug-likeness (QED) is 0.734. The molecule has 0 unspecified atom stereocenters. The maximum absolute atomic E-state index is 13.6. The molecule has 1 aromatic carbocycles. The fourth-order valence-corrected chi connectivity index (χ4v) is 4.05. The summed E-state index contributed by atoms with van der Waals surface area (Å²) in [6.45, 7) is 0. The van der Waals surface area contributed by atoms with E-state index in [1.807, 2.05) is 6.07 Å². The van der Waals surface area contributed by atoms with E-state index in [1.54, 1.807) is 0 Å². The summed E-state index contributed by atoms with van der Waals surface area (Å²) in [5.74, 6) is 0. The number of nitrogens with zero attached hydrogens (tertiary/aromatic N) is 1. The zero-order chi connectivity index (χ0) is 15.1. The molecule has 1 heterocycles. The standard InChI is InChI=1S/C11H7BrF2NO3PS.2H3N/c12-9-5-10-6(3-7(20-10)1-2-15)4-8(9)11(13,14)19(16,17)18;;/h3-5H,1H2,(H2,16,17,18);2*1H3. The molecule has 0 aliphatic rings. The zero-order valence-electron chi connectivity index (χ0n) is 11.6. The van der Waals surface area contributed by atoms with Crippen LogP contribution in [0.2, 0.25) is 0 Å². The highest BCUT2D eigenvalue weighted by molar-refractivity contribution is 9.10. The second kappa shape index (κ2) is 7.10. The van der Waals surface area contributed by atoms with Gasteiger partial charge in [-0.3, -0.25) is 0 Å². The van der Waals surface area contributed by atoms with E-state index in [9.17, 15) is 23.1 Å². The predicted molar refractivity (Wildman–Crippen MR) is 82.3 cm³/mol. The molecule has 22 heavy (non-hydrogen) atoms. The van der Waals surface area contributed by atoms with Crippen molar-refractivity contribution >= 4 is 44.9 Å². The first kappa shape index (κ1) is 21.1. The first-order chi connectivity index (χ1) is 9.16. The summed E-state index contributed by atoms with van der Waals surface area (Å²) in [4.78, 5) is 22.1. The molecule has 0 bridgehead atoms. The van der Waals surface area contributed by atoms with Crippen molar-refractivity contribution in [3.8, 4) is 6.07 Å². The molecule has 2 aromatic rings. The van der Waals surface area contributed by atoms with Gasteiger partial charge in [-0.2, -0.15) is 14.0 Å². The molecule has 2 rings (SSSR count). The fraction of sp³-hybridized carbons (Fsp3) is 0.182. The van der Waals surface area contributed by atoms with Crippen molar-refractivity contribution in [1.82, 2.24) is 12.3 Å². The summed E-state index contributed by atoms with van der Waals surface area (Å²) >= 11 is 4.10. The minimum absolute atomic E-state index is 0. The van der Waals surface area contributed by atoms with Crippen LogP contribution in [-0.2, 0) is 16.6 Å². The third-order valence-corrected chi connectivity index (χ3v) is 5.26. The van der Waals surface area contributed by atoms with Gasteiger partial charge in [0.15, 0.2) is 0 Å². The number of nitriles is 1. The number of rotatable bonds is 3. The molecule has 1 aromatic heterocycles. The minimum atomic E-state index is -6.11. The molecule has 0 saturated heterocycles. The fourth-order valence-electron chi connectivity index (χ4n) is 1.66. The first-order valence-electron chi connectivity index (χ1n) is 5.16. The van der Waals surface area contributed by atoms with Gasteiger partial charge in [-0.15, -0.1) is 11.3 Å². The number of alkyl halides is 2. The monoisotopic (exact) mass is 415 g/mol. The van der Waals surface area contributed by atoms with Gasteiger partial charge in [0, 0.05) is 27.2 Å². The van der Waals surface area contributed by atoms with Crippen LogP contribution in [0.15, 0.2) is 22.7 Å². The van der Waals surface area contributed by atoms with Crippen LogP contribution in [0.5, 0.6) is 0 Å². The smallest absolute Gasteiger partial charge is 0.298 e. The van der Waals surface area contributed by atoms with E-state index in [4.69, 9.17) is 5.26 Å². The molecule has 0 saturated carbocycles. The molecule has 0 atom stereocenters. The van der Waals surface area contributed by atoms with E-state index in [2.05, 4.69) is 15.9 Å². The molecule has 0 fully saturated rings. The molecule has 6 nitrogen and oxygen atoms in total. The lowest BCUT2D eigenvalue weighted by molar-refractivity contribution is -0.335. The summed E-state index contributed by atoms with van der Waals surface area (Å²) in [6, 6.07) is 5.74. The molecule has 0 aliphatic carbocycles. The number of fused-ring (bicyclic) bond motifs is 1. The maximum Gasteiger partial charge on any atom is 0.298 e. The Bertz CT molecular complexity index is 772. The van der Waals surface area contributed by atoms with Crippen molar-refractivity contribution in [2.75, 3.05) is 0 Å². The maximum atomic E-state index is 13.6. The summed E-state index contributed by atoms with van der Waals surface area (Å²) in [5, 5.41) is 8.97. The number of halogens is 3. The molecule has 122 valence electrons. The van der Waals surface area contributed by atoms with Crippen molar-refractivity contribution in [1.29, 1.82) is 5.26 Å². The largest absolute Gasteiger partial charge is 0.806 e. The Labute approximate surface area is 137 Å². The molecular formula is C11H13BrF2N3O3PS. The van der Waals surface area contributed by atoms with Gasteiger partial charge in [-0.25, -0.2) is 0 Å². The van der Waals surface area contributed by atoms with Gasteiger partial charge in [0.25, 0.3) is 5.66 Å². The summed E-state index contributed by atoms with van der Waals surface area (Å²) in [5.41, 5.74) is -5.38. The van der Waals surface area contributed by atoms with Crippen LogP contribution in [0.1, 0.15) is 10.4 Å². The average Bonchev–Trinajstić information content (AvgIpc) is 2.68. The number of hydrogen-bond acceptors (Lipinski definition) is 5. The van der Waals surface area contributed by atoms with Crippen molar-refractivity contribution in [2.45, 2.75) is 12.1 Å². The normalized spacial score (nSPS) is 11.5. The second-order valence-electron chi connectivity index (χ2n) is 3.96. The van der Waals surface area contributed by atoms with Gasteiger partial charge in [-0.05, 0) is 23.6 Å². The highest BCUT2D eigenvalue weighted by Crippen LogP contribution is 2.55. The summed E-state index contributed by atoms with van der Waals surface area (Å²) in [7, 11) is -6.11. The second-order valence-corrected chi connectivity index (χ2v) is 7.54. The molecule has 0 amide bonds. The van der Waals surface area contributed by atoms with Crippen molar-refractivity contribution < 1.29 is 23.1 Å². The molecule has 11 heteroatoms. The van der Waals surface area contributed by atoms with Crippen molar-refractivity contribution in [3.63, 3.8) is 0 Å². The van der Waals surface area contributed by atoms with Crippen LogP contribution in [0.25, 0.3) is 10.1 Å². The van der Waals surface area contributed by atoms with Gasteiger partial charge >= 0.3 is 0 Å². The van der Waals surface area contributed by atoms with Gasteiger partial charge in [0.05, 0.1) is 12.5 Å². The van der Waals surface area contributed by atoms with Crippen LogP contribution in [0.4, 0.5) is 8.78 Å². The molecule has 0 aliphatic heterocycles. The lowest BCUT2D eigenvalue weighted by Gasteiger charge is -2.38. The van der Waals surface area contributed by atoms with Crippen LogP contribution in [0.3, 0.4) is 0 Å². The van der Waals surface area contributed by atoms with Gasteiger partial charge in [-0.1, -0.05) is 15.9 Å². The predicted octanol–water partition coefficient (Wildman–Crippen LogP) is 3.45. The Morgan fingerprint density at radius 1 is 1.32 bits per heavy atom. The minimum Gasteiger partial charge on any atom is -0.806 e. The number of quaternary nitrogens is 2.